The predicted octanol–water partition coefficient (Wildman–Crippen LogP) is 3.78. The summed E-state index contributed by atoms with van der Waals surface area (Å²) in [7, 11) is 0. The Morgan fingerprint density at radius 3 is 2.50 bits per heavy atom. The van der Waals surface area contributed by atoms with Crippen molar-refractivity contribution in [3.05, 3.63) is 90.1 Å². The molecule has 0 bridgehead atoms. The van der Waals surface area contributed by atoms with Crippen molar-refractivity contribution >= 4 is 23.3 Å². The van der Waals surface area contributed by atoms with Gasteiger partial charge in [0.05, 0.1) is 6.42 Å². The number of nitrogens with zero attached hydrogens (tertiary/aromatic N) is 2. The number of carbonyl (C=O) groups excluding carboxylic acids is 2. The zero-order chi connectivity index (χ0) is 19.3. The molecule has 1 aromatic heterocycles. The highest BCUT2D eigenvalue weighted by molar-refractivity contribution is 5.97. The minimum atomic E-state index is -0.134. The van der Waals surface area contributed by atoms with Gasteiger partial charge < -0.3 is 10.2 Å². The third-order valence-electron chi connectivity index (χ3n) is 4.93. The number of aromatic nitrogens is 1. The predicted molar refractivity (Wildman–Crippen MR) is 109 cm³/mol. The summed E-state index contributed by atoms with van der Waals surface area (Å²) >= 11 is 0. The Labute approximate surface area is 164 Å². The first kappa shape index (κ1) is 17.9. The van der Waals surface area contributed by atoms with Crippen LogP contribution in [0.1, 0.15) is 23.5 Å². The molecule has 2 aromatic carbocycles. The van der Waals surface area contributed by atoms with Crippen molar-refractivity contribution in [3.8, 4) is 0 Å². The number of nitrogens with one attached hydrogen (secondary N) is 1. The van der Waals surface area contributed by atoms with Crippen LogP contribution in [-0.4, -0.2) is 23.3 Å². The van der Waals surface area contributed by atoms with E-state index in [0.29, 0.717) is 18.8 Å². The van der Waals surface area contributed by atoms with E-state index in [9.17, 15) is 9.59 Å². The number of hydrogen-bond donors (Lipinski definition) is 1. The van der Waals surface area contributed by atoms with Crippen LogP contribution in [0.25, 0.3) is 0 Å². The molecule has 2 heterocycles. The van der Waals surface area contributed by atoms with E-state index in [2.05, 4.69) is 22.4 Å². The number of pyridine rings is 1. The molecule has 0 unspecified atom stereocenters. The molecule has 0 spiro atoms. The SMILES string of the molecule is O=C(Cc1ccccc1)Nc1cc(N2C[C@H](c3ccccc3)CC2=O)ccn1. The van der Waals surface area contributed by atoms with Crippen molar-refractivity contribution in [2.24, 2.45) is 0 Å². The molecule has 1 N–H and O–H groups in total. The average molecular weight is 371 g/mol. The molecule has 1 aliphatic heterocycles. The number of anilines is 2. The summed E-state index contributed by atoms with van der Waals surface area (Å²) in [5.74, 6) is 0.583. The smallest absolute Gasteiger partial charge is 0.229 e. The van der Waals surface area contributed by atoms with Gasteiger partial charge in [0, 0.05) is 36.8 Å². The molecule has 5 nitrogen and oxygen atoms in total. The zero-order valence-corrected chi connectivity index (χ0v) is 15.4. The Kier molecular flexibility index (Phi) is 5.15. The highest BCUT2D eigenvalue weighted by atomic mass is 16.2. The number of carbonyl (C=O) groups is 2. The molecular formula is C23H21N3O2. The molecule has 5 heteroatoms. The second-order valence-corrected chi connectivity index (χ2v) is 6.93. The van der Waals surface area contributed by atoms with Gasteiger partial charge in [-0.15, -0.1) is 0 Å². The molecule has 4 rings (SSSR count). The fourth-order valence-electron chi connectivity index (χ4n) is 3.53. The van der Waals surface area contributed by atoms with Gasteiger partial charge in [-0.05, 0) is 17.2 Å². The lowest BCUT2D eigenvalue weighted by atomic mass is 9.99. The second kappa shape index (κ2) is 8.05. The van der Waals surface area contributed by atoms with Gasteiger partial charge in [0.2, 0.25) is 11.8 Å². The summed E-state index contributed by atoms with van der Waals surface area (Å²) in [6.07, 6.45) is 2.39. The second-order valence-electron chi connectivity index (χ2n) is 6.93. The normalized spacial score (nSPS) is 16.2. The Morgan fingerprint density at radius 1 is 1.04 bits per heavy atom. The molecule has 1 atom stereocenters. The first-order chi connectivity index (χ1) is 13.7. The van der Waals surface area contributed by atoms with Crippen molar-refractivity contribution in [2.75, 3.05) is 16.8 Å². The molecule has 3 aromatic rings. The maximum absolute atomic E-state index is 12.6. The van der Waals surface area contributed by atoms with Crippen LogP contribution in [-0.2, 0) is 16.0 Å². The Bertz CT molecular complexity index is 973. The maximum atomic E-state index is 12.6. The number of benzene rings is 2. The molecule has 140 valence electrons. The van der Waals surface area contributed by atoms with Gasteiger partial charge in [-0.3, -0.25) is 9.59 Å². The van der Waals surface area contributed by atoms with Crippen molar-refractivity contribution in [3.63, 3.8) is 0 Å². The summed E-state index contributed by atoms with van der Waals surface area (Å²) in [6.45, 7) is 0.629. The van der Waals surface area contributed by atoms with Crippen molar-refractivity contribution in [1.29, 1.82) is 0 Å². The van der Waals surface area contributed by atoms with E-state index in [0.717, 1.165) is 11.3 Å². The van der Waals surface area contributed by atoms with Crippen LogP contribution in [0, 0.1) is 0 Å². The highest BCUT2D eigenvalue weighted by Crippen LogP contribution is 2.32. The first-order valence-corrected chi connectivity index (χ1v) is 9.34. The number of hydrogen-bond acceptors (Lipinski definition) is 3. The summed E-state index contributed by atoms with van der Waals surface area (Å²) in [4.78, 5) is 30.8. The molecule has 0 radical (unpaired) electrons. The van der Waals surface area contributed by atoms with Gasteiger partial charge in [-0.1, -0.05) is 60.7 Å². The number of amides is 2. The lowest BCUT2D eigenvalue weighted by molar-refractivity contribution is -0.117. The van der Waals surface area contributed by atoms with Crippen LogP contribution < -0.4 is 10.2 Å². The summed E-state index contributed by atoms with van der Waals surface area (Å²) < 4.78 is 0. The fraction of sp³-hybridized carbons (Fsp3) is 0.174. The van der Waals surface area contributed by atoms with E-state index in [4.69, 9.17) is 0 Å². The van der Waals surface area contributed by atoms with E-state index in [1.165, 1.54) is 5.56 Å². The van der Waals surface area contributed by atoms with Crippen molar-refractivity contribution < 1.29 is 9.59 Å². The summed E-state index contributed by atoms with van der Waals surface area (Å²) in [5, 5.41) is 2.82. The largest absolute Gasteiger partial charge is 0.312 e. The van der Waals surface area contributed by atoms with Gasteiger partial charge in [-0.25, -0.2) is 4.98 Å². The van der Waals surface area contributed by atoms with E-state index in [-0.39, 0.29) is 24.2 Å². The molecule has 2 amide bonds. The van der Waals surface area contributed by atoms with Gasteiger partial charge in [0.25, 0.3) is 0 Å². The summed E-state index contributed by atoms with van der Waals surface area (Å²) in [5.41, 5.74) is 2.87. The topological polar surface area (TPSA) is 62.3 Å². The summed E-state index contributed by atoms with van der Waals surface area (Å²) in [6, 6.07) is 23.2. The molecule has 0 saturated carbocycles. The lowest BCUT2D eigenvalue weighted by Gasteiger charge is -2.17. The molecule has 28 heavy (non-hydrogen) atoms. The van der Waals surface area contributed by atoms with Gasteiger partial charge in [-0.2, -0.15) is 0 Å². The van der Waals surface area contributed by atoms with Crippen molar-refractivity contribution in [2.45, 2.75) is 18.8 Å². The van der Waals surface area contributed by atoms with E-state index >= 15 is 0 Å². The Morgan fingerprint density at radius 2 is 1.75 bits per heavy atom. The van der Waals surface area contributed by atoms with E-state index in [1.807, 2.05) is 48.5 Å². The Hall–Kier alpha value is -3.47. The van der Waals surface area contributed by atoms with Crippen LogP contribution in [0.2, 0.25) is 0 Å². The minimum Gasteiger partial charge on any atom is -0.312 e. The molecular weight excluding hydrogens is 350 g/mol. The maximum Gasteiger partial charge on any atom is 0.229 e. The highest BCUT2D eigenvalue weighted by Gasteiger charge is 2.31. The van der Waals surface area contributed by atoms with Gasteiger partial charge in [0.1, 0.15) is 5.82 Å². The third kappa shape index (κ3) is 4.09. The quantitative estimate of drug-likeness (QED) is 0.742. The minimum absolute atomic E-state index is 0.0848. The van der Waals surface area contributed by atoms with Crippen molar-refractivity contribution in [1.82, 2.24) is 4.98 Å². The van der Waals surface area contributed by atoms with E-state index < -0.39 is 0 Å². The van der Waals surface area contributed by atoms with Crippen LogP contribution in [0.3, 0.4) is 0 Å². The molecule has 1 aliphatic rings. The van der Waals surface area contributed by atoms with Gasteiger partial charge >= 0.3 is 0 Å². The zero-order valence-electron chi connectivity index (χ0n) is 15.4. The van der Waals surface area contributed by atoms with Crippen LogP contribution in [0.15, 0.2) is 79.0 Å². The average Bonchev–Trinajstić information content (AvgIpc) is 3.11. The molecule has 1 fully saturated rings. The standard InChI is InChI=1S/C23H21N3O2/c27-22(13-17-7-3-1-4-8-17)25-21-15-20(11-12-24-21)26-16-19(14-23(26)28)18-9-5-2-6-10-18/h1-12,15,19H,13-14,16H2,(H,24,25,27)/t19-/m1/s1. The van der Waals surface area contributed by atoms with Crippen LogP contribution in [0.5, 0.6) is 0 Å². The lowest BCUT2D eigenvalue weighted by Crippen LogP contribution is -2.24. The molecule has 0 aliphatic carbocycles. The third-order valence-corrected chi connectivity index (χ3v) is 4.93. The fourth-order valence-corrected chi connectivity index (χ4v) is 3.53. The monoisotopic (exact) mass is 371 g/mol. The van der Waals surface area contributed by atoms with Crippen LogP contribution in [0.4, 0.5) is 11.5 Å². The van der Waals surface area contributed by atoms with Crippen LogP contribution >= 0.6 is 0 Å². The molecule has 1 saturated heterocycles. The van der Waals surface area contributed by atoms with E-state index in [1.54, 1.807) is 23.2 Å². The first-order valence-electron chi connectivity index (χ1n) is 9.34. The van der Waals surface area contributed by atoms with Gasteiger partial charge in [0.15, 0.2) is 0 Å². The Balaban J connectivity index is 1.45. The number of rotatable bonds is 5.